The van der Waals surface area contributed by atoms with Crippen molar-refractivity contribution in [3.8, 4) is 0 Å². The second-order valence-corrected chi connectivity index (χ2v) is 8.99. The maximum Gasteiger partial charge on any atom is 0.271 e. The third-order valence-corrected chi connectivity index (χ3v) is 6.54. The summed E-state index contributed by atoms with van der Waals surface area (Å²) >= 11 is 1.74. The van der Waals surface area contributed by atoms with Gasteiger partial charge in [0.1, 0.15) is 5.69 Å². The molecule has 0 bridgehead atoms. The lowest BCUT2D eigenvalue weighted by atomic mass is 9.96. The van der Waals surface area contributed by atoms with Crippen LogP contribution in [0.15, 0.2) is 17.5 Å². The highest BCUT2D eigenvalue weighted by atomic mass is 32.1. The van der Waals surface area contributed by atoms with Gasteiger partial charge in [-0.1, -0.05) is 6.92 Å². The zero-order chi connectivity index (χ0) is 21.7. The molecule has 3 heterocycles. The van der Waals surface area contributed by atoms with Crippen molar-refractivity contribution in [2.24, 2.45) is 5.92 Å². The lowest BCUT2D eigenvalue weighted by Crippen LogP contribution is -2.38. The Hall–Kier alpha value is -2.32. The van der Waals surface area contributed by atoms with E-state index in [2.05, 4.69) is 32.5 Å². The Morgan fingerprint density at radius 1 is 1.23 bits per heavy atom. The van der Waals surface area contributed by atoms with Crippen LogP contribution in [0, 0.1) is 12.8 Å². The van der Waals surface area contributed by atoms with E-state index in [1.807, 2.05) is 0 Å². The molecule has 3 rings (SSSR count). The van der Waals surface area contributed by atoms with E-state index in [0.29, 0.717) is 29.4 Å². The molecule has 0 saturated carbocycles. The number of likely N-dealkylation sites (tertiary alicyclic amines) is 1. The predicted octanol–water partition coefficient (Wildman–Crippen LogP) is 2.75. The standard InChI is InChI=1S/C22H31N5O2S/c1-5-20-25-17(14-30-20)13-27-10-8-16(9-11-27)12-23-21(28)18-6-7-19(24-15(18)2)22(29)26(3)4/h6-7,14,16H,5,8-13H2,1-4H3,(H,23,28). The fourth-order valence-electron chi connectivity index (χ4n) is 3.64. The number of rotatable bonds is 7. The molecule has 30 heavy (non-hydrogen) atoms. The molecule has 1 aliphatic rings. The van der Waals surface area contributed by atoms with Gasteiger partial charge in [0.25, 0.3) is 11.8 Å². The molecule has 2 aromatic rings. The molecule has 0 atom stereocenters. The Morgan fingerprint density at radius 2 is 1.97 bits per heavy atom. The number of piperidine rings is 1. The van der Waals surface area contributed by atoms with Crippen molar-refractivity contribution in [3.05, 3.63) is 45.2 Å². The van der Waals surface area contributed by atoms with Crippen LogP contribution in [-0.4, -0.2) is 65.3 Å². The van der Waals surface area contributed by atoms with E-state index in [1.165, 1.54) is 15.6 Å². The van der Waals surface area contributed by atoms with Gasteiger partial charge in [0.2, 0.25) is 0 Å². The van der Waals surface area contributed by atoms with E-state index in [-0.39, 0.29) is 11.8 Å². The summed E-state index contributed by atoms with van der Waals surface area (Å²) in [5.74, 6) is 0.191. The van der Waals surface area contributed by atoms with Gasteiger partial charge >= 0.3 is 0 Å². The van der Waals surface area contributed by atoms with Crippen LogP contribution >= 0.6 is 11.3 Å². The molecule has 162 valence electrons. The van der Waals surface area contributed by atoms with E-state index >= 15 is 0 Å². The molecular formula is C22H31N5O2S. The zero-order valence-corrected chi connectivity index (χ0v) is 19.1. The van der Waals surface area contributed by atoms with Crippen molar-refractivity contribution in [1.29, 1.82) is 0 Å². The normalized spacial score (nSPS) is 15.2. The van der Waals surface area contributed by atoms with E-state index in [0.717, 1.165) is 38.9 Å². The fraction of sp³-hybridized carbons (Fsp3) is 0.545. The minimum absolute atomic E-state index is 0.124. The minimum atomic E-state index is -0.166. The quantitative estimate of drug-likeness (QED) is 0.732. The number of carbonyl (C=O) groups excluding carboxylic acids is 2. The van der Waals surface area contributed by atoms with Crippen molar-refractivity contribution >= 4 is 23.2 Å². The predicted molar refractivity (Wildman–Crippen MR) is 119 cm³/mol. The number of thiazole rings is 1. The Balaban J connectivity index is 1.46. The van der Waals surface area contributed by atoms with Crippen LogP contribution in [0.5, 0.6) is 0 Å². The number of nitrogens with one attached hydrogen (secondary N) is 1. The van der Waals surface area contributed by atoms with Crippen LogP contribution < -0.4 is 5.32 Å². The number of aromatic nitrogens is 2. The van der Waals surface area contributed by atoms with Crippen LogP contribution in [0.25, 0.3) is 0 Å². The Morgan fingerprint density at radius 3 is 2.57 bits per heavy atom. The minimum Gasteiger partial charge on any atom is -0.352 e. The van der Waals surface area contributed by atoms with Crippen molar-refractivity contribution in [2.45, 2.75) is 39.7 Å². The van der Waals surface area contributed by atoms with Crippen LogP contribution in [0.1, 0.15) is 57.0 Å². The van der Waals surface area contributed by atoms with Crippen LogP contribution in [-0.2, 0) is 13.0 Å². The SMILES string of the molecule is CCc1nc(CN2CCC(CNC(=O)c3ccc(C(=O)N(C)C)nc3C)CC2)cs1. The first-order valence-corrected chi connectivity index (χ1v) is 11.4. The average Bonchev–Trinajstić information content (AvgIpc) is 3.19. The van der Waals surface area contributed by atoms with Crippen molar-refractivity contribution in [3.63, 3.8) is 0 Å². The summed E-state index contributed by atoms with van der Waals surface area (Å²) in [6, 6.07) is 3.31. The number of aryl methyl sites for hydroxylation is 2. The molecule has 0 unspecified atom stereocenters. The van der Waals surface area contributed by atoms with E-state index < -0.39 is 0 Å². The molecular weight excluding hydrogens is 398 g/mol. The molecule has 1 aliphatic heterocycles. The van der Waals surface area contributed by atoms with Gasteiger partial charge in [0.15, 0.2) is 0 Å². The summed E-state index contributed by atoms with van der Waals surface area (Å²) in [6.45, 7) is 7.54. The number of nitrogens with zero attached hydrogens (tertiary/aromatic N) is 4. The van der Waals surface area contributed by atoms with Gasteiger partial charge < -0.3 is 10.2 Å². The van der Waals surface area contributed by atoms with Gasteiger partial charge in [0, 0.05) is 32.6 Å². The van der Waals surface area contributed by atoms with E-state index in [9.17, 15) is 9.59 Å². The lowest BCUT2D eigenvalue weighted by molar-refractivity contribution is 0.0820. The van der Waals surface area contributed by atoms with Crippen LogP contribution in [0.3, 0.4) is 0 Å². The highest BCUT2D eigenvalue weighted by Gasteiger charge is 2.21. The van der Waals surface area contributed by atoms with Crippen molar-refractivity contribution < 1.29 is 9.59 Å². The monoisotopic (exact) mass is 429 g/mol. The second-order valence-electron chi connectivity index (χ2n) is 8.04. The Kier molecular flexibility index (Phi) is 7.55. The molecule has 2 aromatic heterocycles. The first kappa shape index (κ1) is 22.4. The number of hydrogen-bond donors (Lipinski definition) is 1. The third kappa shape index (κ3) is 5.64. The summed E-state index contributed by atoms with van der Waals surface area (Å²) in [5.41, 5.74) is 2.62. The smallest absolute Gasteiger partial charge is 0.271 e. The molecule has 1 N–H and O–H groups in total. The van der Waals surface area contributed by atoms with Gasteiger partial charge in [-0.3, -0.25) is 14.5 Å². The summed E-state index contributed by atoms with van der Waals surface area (Å²) in [6.07, 6.45) is 3.13. The molecule has 0 aliphatic carbocycles. The maximum absolute atomic E-state index is 12.6. The molecule has 0 aromatic carbocycles. The van der Waals surface area contributed by atoms with Gasteiger partial charge in [-0.05, 0) is 57.3 Å². The second kappa shape index (κ2) is 10.1. The first-order chi connectivity index (χ1) is 14.4. The zero-order valence-electron chi connectivity index (χ0n) is 18.3. The average molecular weight is 430 g/mol. The van der Waals surface area contributed by atoms with Crippen molar-refractivity contribution in [1.82, 2.24) is 25.1 Å². The van der Waals surface area contributed by atoms with Crippen molar-refractivity contribution in [2.75, 3.05) is 33.7 Å². The number of pyridine rings is 1. The van der Waals surface area contributed by atoms with E-state index in [1.54, 1.807) is 44.5 Å². The molecule has 0 radical (unpaired) electrons. The van der Waals surface area contributed by atoms with Gasteiger partial charge in [-0.2, -0.15) is 0 Å². The molecule has 1 saturated heterocycles. The molecule has 1 fully saturated rings. The molecule has 8 heteroatoms. The summed E-state index contributed by atoms with van der Waals surface area (Å²) in [5, 5.41) is 6.42. The first-order valence-electron chi connectivity index (χ1n) is 10.5. The third-order valence-electron chi connectivity index (χ3n) is 5.50. The number of amides is 2. The van der Waals surface area contributed by atoms with Crippen LogP contribution in [0.4, 0.5) is 0 Å². The summed E-state index contributed by atoms with van der Waals surface area (Å²) in [7, 11) is 3.37. The lowest BCUT2D eigenvalue weighted by Gasteiger charge is -2.31. The Labute approximate surface area is 182 Å². The highest BCUT2D eigenvalue weighted by Crippen LogP contribution is 2.20. The maximum atomic E-state index is 12.6. The van der Waals surface area contributed by atoms with E-state index in [4.69, 9.17) is 0 Å². The van der Waals surface area contributed by atoms with Gasteiger partial charge in [-0.15, -0.1) is 11.3 Å². The van der Waals surface area contributed by atoms with Crippen LogP contribution in [0.2, 0.25) is 0 Å². The Bertz CT molecular complexity index is 887. The topological polar surface area (TPSA) is 78.4 Å². The largest absolute Gasteiger partial charge is 0.352 e. The summed E-state index contributed by atoms with van der Waals surface area (Å²) in [4.78, 5) is 37.5. The molecule has 7 nitrogen and oxygen atoms in total. The number of hydrogen-bond acceptors (Lipinski definition) is 6. The van der Waals surface area contributed by atoms with Gasteiger partial charge in [0.05, 0.1) is 22.0 Å². The number of carbonyl (C=O) groups is 2. The summed E-state index contributed by atoms with van der Waals surface area (Å²) < 4.78 is 0. The molecule has 2 amide bonds. The fourth-order valence-corrected chi connectivity index (χ4v) is 4.38. The molecule has 0 spiro atoms. The highest BCUT2D eigenvalue weighted by molar-refractivity contribution is 7.09. The van der Waals surface area contributed by atoms with Gasteiger partial charge in [-0.25, -0.2) is 9.97 Å².